The van der Waals surface area contributed by atoms with Crippen LogP contribution in [-0.2, 0) is 14.8 Å². The molecule has 1 N–H and O–H groups in total. The fraction of sp³-hybridized carbons (Fsp3) is 0.611. The van der Waals surface area contributed by atoms with Crippen LogP contribution in [0.25, 0.3) is 0 Å². The predicted molar refractivity (Wildman–Crippen MR) is 94.4 cm³/mol. The monoisotopic (exact) mass is 350 g/mol. The lowest BCUT2D eigenvalue weighted by atomic mass is 9.88. The van der Waals surface area contributed by atoms with Gasteiger partial charge in [0.1, 0.15) is 0 Å². The number of hydrogen-bond donors (Lipinski definition) is 1. The highest BCUT2D eigenvalue weighted by atomic mass is 32.2. The molecule has 2 aliphatic rings. The van der Waals surface area contributed by atoms with Gasteiger partial charge in [-0.15, -0.1) is 0 Å². The van der Waals surface area contributed by atoms with Gasteiger partial charge in [0.2, 0.25) is 15.9 Å². The summed E-state index contributed by atoms with van der Waals surface area (Å²) < 4.78 is 26.0. The van der Waals surface area contributed by atoms with Crippen molar-refractivity contribution in [3.63, 3.8) is 0 Å². The van der Waals surface area contributed by atoms with Gasteiger partial charge in [0.05, 0.1) is 4.90 Å². The van der Waals surface area contributed by atoms with Crippen molar-refractivity contribution < 1.29 is 13.2 Å². The lowest BCUT2D eigenvalue weighted by Crippen LogP contribution is -2.28. The lowest BCUT2D eigenvalue weighted by molar-refractivity contribution is -0.121. The molecule has 5 nitrogen and oxygen atoms in total. The Hall–Kier alpha value is -1.40. The van der Waals surface area contributed by atoms with Crippen molar-refractivity contribution in [1.82, 2.24) is 4.31 Å². The fourth-order valence-electron chi connectivity index (χ4n) is 4.11. The van der Waals surface area contributed by atoms with Crippen LogP contribution in [0, 0.1) is 31.6 Å². The molecule has 1 amide bonds. The van der Waals surface area contributed by atoms with Crippen LogP contribution in [0.5, 0.6) is 0 Å². The van der Waals surface area contributed by atoms with Crippen LogP contribution < -0.4 is 5.32 Å². The number of carbonyl (C=O) groups is 1. The van der Waals surface area contributed by atoms with E-state index >= 15 is 0 Å². The predicted octanol–water partition coefficient (Wildman–Crippen LogP) is 2.93. The van der Waals surface area contributed by atoms with Gasteiger partial charge >= 0.3 is 0 Å². The summed E-state index contributed by atoms with van der Waals surface area (Å²) in [6.45, 7) is 3.79. The maximum Gasteiger partial charge on any atom is 0.242 e. The van der Waals surface area contributed by atoms with Crippen LogP contribution in [0.2, 0.25) is 0 Å². The number of hydrogen-bond acceptors (Lipinski definition) is 3. The topological polar surface area (TPSA) is 66.5 Å². The molecular formula is C18H26N2O3S. The third-order valence-electron chi connectivity index (χ3n) is 5.75. The average molecular weight is 350 g/mol. The molecule has 0 radical (unpaired) electrons. The van der Waals surface area contributed by atoms with E-state index in [4.69, 9.17) is 0 Å². The van der Waals surface area contributed by atoms with Gasteiger partial charge in [-0.1, -0.05) is 6.42 Å². The van der Waals surface area contributed by atoms with Crippen LogP contribution >= 0.6 is 0 Å². The zero-order chi connectivity index (χ0) is 17.6. The summed E-state index contributed by atoms with van der Waals surface area (Å²) in [5.41, 5.74) is 2.40. The quantitative estimate of drug-likeness (QED) is 0.908. The normalized spacial score (nSPS) is 26.1. The molecule has 1 aromatic carbocycles. The molecule has 0 unspecified atom stereocenters. The number of benzene rings is 1. The molecule has 0 spiro atoms. The van der Waals surface area contributed by atoms with Crippen molar-refractivity contribution >= 4 is 21.6 Å². The number of carbonyl (C=O) groups excluding carboxylic acids is 1. The Morgan fingerprint density at radius 2 is 1.88 bits per heavy atom. The van der Waals surface area contributed by atoms with E-state index in [1.54, 1.807) is 12.1 Å². The maximum absolute atomic E-state index is 12.7. The van der Waals surface area contributed by atoms with Crippen LogP contribution in [0.4, 0.5) is 5.69 Å². The molecule has 0 aliphatic heterocycles. The molecule has 132 valence electrons. The van der Waals surface area contributed by atoms with Crippen molar-refractivity contribution in [2.45, 2.75) is 44.4 Å². The molecule has 24 heavy (non-hydrogen) atoms. The standard InChI is InChI=1S/C18H26N2O3S/c1-11-7-15(24(22,23)20(3)4)10-17(12(11)2)19-18(21)16-9-13-5-6-14(16)8-13/h7,10,13-14,16H,5-6,8-9H2,1-4H3,(H,19,21)/t13-,14-,16+/m0/s1. The molecule has 2 bridgehead atoms. The molecule has 0 heterocycles. The van der Waals surface area contributed by atoms with Crippen LogP contribution in [-0.4, -0.2) is 32.7 Å². The first-order valence-electron chi connectivity index (χ1n) is 8.54. The molecular weight excluding hydrogens is 324 g/mol. The van der Waals surface area contributed by atoms with Crippen molar-refractivity contribution in [2.75, 3.05) is 19.4 Å². The van der Waals surface area contributed by atoms with Gasteiger partial charge < -0.3 is 5.32 Å². The van der Waals surface area contributed by atoms with E-state index in [-0.39, 0.29) is 16.7 Å². The molecule has 1 aromatic rings. The van der Waals surface area contributed by atoms with Crippen LogP contribution in [0.15, 0.2) is 17.0 Å². The number of aryl methyl sites for hydroxylation is 1. The Morgan fingerprint density at radius 3 is 2.42 bits per heavy atom. The smallest absolute Gasteiger partial charge is 0.242 e. The summed E-state index contributed by atoms with van der Waals surface area (Å²) in [4.78, 5) is 12.9. The summed E-state index contributed by atoms with van der Waals surface area (Å²) in [5.74, 6) is 1.33. The molecule has 6 heteroatoms. The summed E-state index contributed by atoms with van der Waals surface area (Å²) in [6.07, 6.45) is 4.55. The SMILES string of the molecule is Cc1cc(S(=O)(=O)N(C)C)cc(NC(=O)[C@@H]2C[C@H]3CC[C@H]2C3)c1C. The van der Waals surface area contributed by atoms with Crippen molar-refractivity contribution in [3.05, 3.63) is 23.3 Å². The highest BCUT2D eigenvalue weighted by Crippen LogP contribution is 2.48. The minimum atomic E-state index is -3.52. The number of anilines is 1. The largest absolute Gasteiger partial charge is 0.326 e. The first kappa shape index (κ1) is 17.4. The number of fused-ring (bicyclic) bond motifs is 2. The molecule has 3 rings (SSSR count). The first-order chi connectivity index (χ1) is 11.2. The second-order valence-corrected chi connectivity index (χ2v) is 9.62. The van der Waals surface area contributed by atoms with Crippen LogP contribution in [0.3, 0.4) is 0 Å². The molecule has 3 atom stereocenters. The number of nitrogens with zero attached hydrogens (tertiary/aromatic N) is 1. The third-order valence-corrected chi connectivity index (χ3v) is 7.55. The minimum absolute atomic E-state index is 0.0455. The Balaban J connectivity index is 1.88. The van der Waals surface area contributed by atoms with E-state index in [2.05, 4.69) is 5.32 Å². The Bertz CT molecular complexity index is 771. The lowest BCUT2D eigenvalue weighted by Gasteiger charge is -2.22. The van der Waals surface area contributed by atoms with Gasteiger partial charge in [0.15, 0.2) is 0 Å². The van der Waals surface area contributed by atoms with Crippen molar-refractivity contribution in [2.24, 2.45) is 17.8 Å². The molecule has 2 saturated carbocycles. The number of nitrogens with one attached hydrogen (secondary N) is 1. The second-order valence-electron chi connectivity index (χ2n) is 7.47. The summed E-state index contributed by atoms with van der Waals surface area (Å²) in [6, 6.07) is 3.25. The third kappa shape index (κ3) is 2.97. The molecule has 2 fully saturated rings. The molecule has 0 aromatic heterocycles. The van der Waals surface area contributed by atoms with Gasteiger partial charge in [-0.05, 0) is 68.2 Å². The van der Waals surface area contributed by atoms with Crippen LogP contribution in [0.1, 0.15) is 36.8 Å². The number of amides is 1. The fourth-order valence-corrected chi connectivity index (χ4v) is 5.12. The summed E-state index contributed by atoms with van der Waals surface area (Å²) >= 11 is 0. The Morgan fingerprint density at radius 1 is 1.17 bits per heavy atom. The van der Waals surface area contributed by atoms with Gasteiger partial charge in [-0.2, -0.15) is 0 Å². The van der Waals surface area contributed by atoms with E-state index in [9.17, 15) is 13.2 Å². The van der Waals surface area contributed by atoms with Gasteiger partial charge in [0.25, 0.3) is 0 Å². The van der Waals surface area contributed by atoms with Crippen molar-refractivity contribution in [3.8, 4) is 0 Å². The van der Waals surface area contributed by atoms with E-state index in [0.717, 1.165) is 24.0 Å². The van der Waals surface area contributed by atoms with E-state index in [1.807, 2.05) is 13.8 Å². The Kier molecular flexibility index (Phi) is 4.47. The van der Waals surface area contributed by atoms with E-state index in [0.29, 0.717) is 17.5 Å². The summed E-state index contributed by atoms with van der Waals surface area (Å²) in [7, 11) is -0.496. The average Bonchev–Trinajstić information content (AvgIpc) is 3.14. The summed E-state index contributed by atoms with van der Waals surface area (Å²) in [5, 5.41) is 3.01. The van der Waals surface area contributed by atoms with Gasteiger partial charge in [0, 0.05) is 25.7 Å². The zero-order valence-electron chi connectivity index (χ0n) is 14.8. The molecule has 0 saturated heterocycles. The van der Waals surface area contributed by atoms with Gasteiger partial charge in [-0.3, -0.25) is 4.79 Å². The van der Waals surface area contributed by atoms with Crippen molar-refractivity contribution in [1.29, 1.82) is 0 Å². The highest BCUT2D eigenvalue weighted by molar-refractivity contribution is 7.89. The number of rotatable bonds is 4. The van der Waals surface area contributed by atoms with E-state index in [1.165, 1.54) is 31.2 Å². The van der Waals surface area contributed by atoms with Gasteiger partial charge in [-0.25, -0.2) is 12.7 Å². The second kappa shape index (κ2) is 6.15. The Labute approximate surface area is 144 Å². The maximum atomic E-state index is 12.7. The zero-order valence-corrected chi connectivity index (χ0v) is 15.6. The first-order valence-corrected chi connectivity index (χ1v) is 9.98. The number of sulfonamides is 1. The molecule has 2 aliphatic carbocycles. The minimum Gasteiger partial charge on any atom is -0.326 e. The highest BCUT2D eigenvalue weighted by Gasteiger charge is 2.43. The van der Waals surface area contributed by atoms with E-state index < -0.39 is 10.0 Å².